The zero-order valence-electron chi connectivity index (χ0n) is 10.5. The van der Waals surface area contributed by atoms with Crippen LogP contribution in [0.3, 0.4) is 0 Å². The van der Waals surface area contributed by atoms with Gasteiger partial charge in [-0.1, -0.05) is 0 Å². The minimum atomic E-state index is -4.36. The molecule has 112 valence electrons. The molecule has 1 atom stereocenters. The van der Waals surface area contributed by atoms with E-state index < -0.39 is 38.6 Å². The van der Waals surface area contributed by atoms with E-state index in [1.54, 1.807) is 6.26 Å². The number of nitrogens with one attached hydrogen (secondary N) is 1. The molecule has 0 saturated carbocycles. The molecule has 0 amide bonds. The van der Waals surface area contributed by atoms with Crippen molar-refractivity contribution in [1.82, 2.24) is 4.72 Å². The molecule has 0 radical (unpaired) electrons. The summed E-state index contributed by atoms with van der Waals surface area (Å²) >= 11 is 1.35. The Bertz CT molecular complexity index is 592. The standard InChI is InChI=1S/C11H13F2NO4S2/c1-19-5-4-9(11(15)16)14-20(17,18)10-3-2-7(12)6-8(10)13/h2-3,6,9,14H,4-5H2,1H3,(H,15,16)/t9-/m0/s1. The maximum Gasteiger partial charge on any atom is 0.321 e. The fourth-order valence-corrected chi connectivity index (χ4v) is 3.17. The summed E-state index contributed by atoms with van der Waals surface area (Å²) in [5, 5.41) is 8.93. The number of benzene rings is 1. The summed E-state index contributed by atoms with van der Waals surface area (Å²) in [6, 6.07) is 0.596. The summed E-state index contributed by atoms with van der Waals surface area (Å²) in [5.74, 6) is -3.12. The number of rotatable bonds is 7. The van der Waals surface area contributed by atoms with Crippen molar-refractivity contribution >= 4 is 27.8 Å². The van der Waals surface area contributed by atoms with Gasteiger partial charge in [-0.05, 0) is 30.6 Å². The van der Waals surface area contributed by atoms with Gasteiger partial charge in [0.1, 0.15) is 22.6 Å². The van der Waals surface area contributed by atoms with Gasteiger partial charge in [0, 0.05) is 6.07 Å². The van der Waals surface area contributed by atoms with E-state index in [-0.39, 0.29) is 6.42 Å². The summed E-state index contributed by atoms with van der Waals surface area (Å²) in [7, 11) is -4.36. The van der Waals surface area contributed by atoms with E-state index in [1.165, 1.54) is 11.8 Å². The lowest BCUT2D eigenvalue weighted by Gasteiger charge is -2.14. The largest absolute Gasteiger partial charge is 0.480 e. The first kappa shape index (κ1) is 16.9. The Morgan fingerprint density at radius 1 is 1.45 bits per heavy atom. The van der Waals surface area contributed by atoms with Crippen LogP contribution < -0.4 is 4.72 Å². The summed E-state index contributed by atoms with van der Waals surface area (Å²) in [4.78, 5) is 10.2. The van der Waals surface area contributed by atoms with E-state index >= 15 is 0 Å². The van der Waals surface area contributed by atoms with Crippen LogP contribution in [0.4, 0.5) is 8.78 Å². The molecule has 0 saturated heterocycles. The Kier molecular flexibility index (Phi) is 5.90. The first-order valence-corrected chi connectivity index (χ1v) is 8.34. The maximum absolute atomic E-state index is 13.4. The number of sulfonamides is 1. The fourth-order valence-electron chi connectivity index (χ4n) is 1.41. The minimum absolute atomic E-state index is 0.0541. The molecule has 0 fully saturated rings. The number of thioether (sulfide) groups is 1. The lowest BCUT2D eigenvalue weighted by atomic mass is 10.2. The third kappa shape index (κ3) is 4.43. The molecule has 0 heterocycles. The van der Waals surface area contributed by atoms with Crippen molar-refractivity contribution in [2.75, 3.05) is 12.0 Å². The number of carboxylic acids is 1. The van der Waals surface area contributed by atoms with Gasteiger partial charge in [0.25, 0.3) is 0 Å². The molecular weight excluding hydrogens is 312 g/mol. The van der Waals surface area contributed by atoms with Crippen molar-refractivity contribution in [3.63, 3.8) is 0 Å². The highest BCUT2D eigenvalue weighted by Crippen LogP contribution is 2.16. The van der Waals surface area contributed by atoms with Gasteiger partial charge >= 0.3 is 5.97 Å². The van der Waals surface area contributed by atoms with Gasteiger partial charge in [-0.25, -0.2) is 17.2 Å². The van der Waals surface area contributed by atoms with Gasteiger partial charge in [0.2, 0.25) is 10.0 Å². The second kappa shape index (κ2) is 7.00. The number of carbonyl (C=O) groups is 1. The number of hydrogen-bond donors (Lipinski definition) is 2. The van der Waals surface area contributed by atoms with Crippen LogP contribution in [0.2, 0.25) is 0 Å². The topological polar surface area (TPSA) is 83.5 Å². The van der Waals surface area contributed by atoms with Crippen LogP contribution in [0, 0.1) is 11.6 Å². The smallest absolute Gasteiger partial charge is 0.321 e. The van der Waals surface area contributed by atoms with Crippen LogP contribution in [0.25, 0.3) is 0 Å². The lowest BCUT2D eigenvalue weighted by Crippen LogP contribution is -2.41. The van der Waals surface area contributed by atoms with Gasteiger partial charge in [-0.3, -0.25) is 4.79 Å². The van der Waals surface area contributed by atoms with E-state index in [2.05, 4.69) is 0 Å². The van der Waals surface area contributed by atoms with Crippen molar-refractivity contribution in [3.8, 4) is 0 Å². The normalized spacial score (nSPS) is 13.2. The van der Waals surface area contributed by atoms with E-state index in [1.807, 2.05) is 4.72 Å². The zero-order valence-corrected chi connectivity index (χ0v) is 12.1. The monoisotopic (exact) mass is 325 g/mol. The van der Waals surface area contributed by atoms with Crippen molar-refractivity contribution in [2.45, 2.75) is 17.4 Å². The van der Waals surface area contributed by atoms with Crippen molar-refractivity contribution in [1.29, 1.82) is 0 Å². The lowest BCUT2D eigenvalue weighted by molar-refractivity contribution is -0.139. The molecule has 0 spiro atoms. The van der Waals surface area contributed by atoms with Gasteiger partial charge in [0.05, 0.1) is 0 Å². The van der Waals surface area contributed by atoms with E-state index in [0.29, 0.717) is 11.8 Å². The Hall–Kier alpha value is -1.19. The molecule has 9 heteroatoms. The molecule has 0 aliphatic carbocycles. The van der Waals surface area contributed by atoms with Crippen LogP contribution in [0.1, 0.15) is 6.42 Å². The summed E-state index contributed by atoms with van der Waals surface area (Å²) < 4.78 is 51.9. The highest BCUT2D eigenvalue weighted by Gasteiger charge is 2.27. The van der Waals surface area contributed by atoms with Crippen molar-refractivity contribution in [3.05, 3.63) is 29.8 Å². The van der Waals surface area contributed by atoms with Gasteiger partial charge < -0.3 is 5.11 Å². The van der Waals surface area contributed by atoms with E-state index in [0.717, 1.165) is 12.1 Å². The molecule has 1 aromatic rings. The average molecular weight is 325 g/mol. The third-order valence-corrected chi connectivity index (χ3v) is 4.54. The van der Waals surface area contributed by atoms with Gasteiger partial charge in [0.15, 0.2) is 0 Å². The van der Waals surface area contributed by atoms with Crippen LogP contribution in [0.15, 0.2) is 23.1 Å². The molecule has 20 heavy (non-hydrogen) atoms. The third-order valence-electron chi connectivity index (χ3n) is 2.39. The molecular formula is C11H13F2NO4S2. The number of halogens is 2. The molecule has 0 aliphatic heterocycles. The van der Waals surface area contributed by atoms with Crippen LogP contribution in [-0.4, -0.2) is 37.5 Å². The van der Waals surface area contributed by atoms with Gasteiger partial charge in [-0.15, -0.1) is 0 Å². The number of hydrogen-bond acceptors (Lipinski definition) is 4. The summed E-state index contributed by atoms with van der Waals surface area (Å²) in [5.41, 5.74) is 0. The van der Waals surface area contributed by atoms with Crippen molar-refractivity contribution in [2.24, 2.45) is 0 Å². The maximum atomic E-state index is 13.4. The summed E-state index contributed by atoms with van der Waals surface area (Å²) in [6.45, 7) is 0. The molecule has 0 aromatic heterocycles. The SMILES string of the molecule is CSCC[C@H](NS(=O)(=O)c1ccc(F)cc1F)C(=O)O. The predicted octanol–water partition coefficient (Wildman–Crippen LogP) is 1.45. The average Bonchev–Trinajstić information content (AvgIpc) is 2.33. The molecule has 5 nitrogen and oxygen atoms in total. The van der Waals surface area contributed by atoms with Gasteiger partial charge in [-0.2, -0.15) is 16.5 Å². The highest BCUT2D eigenvalue weighted by molar-refractivity contribution is 7.98. The Labute approximate surface area is 119 Å². The zero-order chi connectivity index (χ0) is 15.3. The molecule has 1 aromatic carbocycles. The quantitative estimate of drug-likeness (QED) is 0.793. The molecule has 0 aliphatic rings. The second-order valence-corrected chi connectivity index (χ2v) is 6.54. The molecule has 1 rings (SSSR count). The predicted molar refractivity (Wildman–Crippen MR) is 71.1 cm³/mol. The molecule has 2 N–H and O–H groups in total. The first-order valence-electron chi connectivity index (χ1n) is 5.47. The second-order valence-electron chi connectivity index (χ2n) is 3.87. The number of aliphatic carboxylic acids is 1. The minimum Gasteiger partial charge on any atom is -0.480 e. The van der Waals surface area contributed by atoms with Crippen LogP contribution in [-0.2, 0) is 14.8 Å². The molecule has 0 unspecified atom stereocenters. The Balaban J connectivity index is 3.00. The fraction of sp³-hybridized carbons (Fsp3) is 0.364. The Morgan fingerprint density at radius 3 is 2.60 bits per heavy atom. The van der Waals surface area contributed by atoms with Crippen molar-refractivity contribution < 1.29 is 27.1 Å². The number of carboxylic acid groups (broad SMARTS) is 1. The molecule has 0 bridgehead atoms. The van der Waals surface area contributed by atoms with E-state index in [9.17, 15) is 22.0 Å². The highest BCUT2D eigenvalue weighted by atomic mass is 32.2. The Morgan fingerprint density at radius 2 is 2.10 bits per heavy atom. The van der Waals surface area contributed by atoms with E-state index in [4.69, 9.17) is 5.11 Å². The van der Waals surface area contributed by atoms with Crippen LogP contribution in [0.5, 0.6) is 0 Å². The summed E-state index contributed by atoms with van der Waals surface area (Å²) in [6.07, 6.45) is 1.80. The van der Waals surface area contributed by atoms with Crippen LogP contribution >= 0.6 is 11.8 Å². The first-order chi connectivity index (χ1) is 9.27.